The number of carbonyl (C=O) groups is 1. The van der Waals surface area contributed by atoms with Crippen LogP contribution in [0.3, 0.4) is 0 Å². The molecule has 4 rings (SSSR count). The predicted octanol–water partition coefficient (Wildman–Crippen LogP) is 3.14. The van der Waals surface area contributed by atoms with Gasteiger partial charge >= 0.3 is 5.89 Å². The Kier molecular flexibility index (Phi) is 5.38. The summed E-state index contributed by atoms with van der Waals surface area (Å²) in [4.78, 5) is 10.8. The van der Waals surface area contributed by atoms with Gasteiger partial charge in [-0.3, -0.25) is 0 Å². The highest BCUT2D eigenvalue weighted by atomic mass is 16.4. The second-order valence-electron chi connectivity index (χ2n) is 6.70. The summed E-state index contributed by atoms with van der Waals surface area (Å²) in [6.45, 7) is 0.605. The zero-order valence-electron chi connectivity index (χ0n) is 15.7. The van der Waals surface area contributed by atoms with Crippen LogP contribution in [0, 0.1) is 0 Å². The van der Waals surface area contributed by atoms with E-state index in [0.717, 1.165) is 27.9 Å². The van der Waals surface area contributed by atoms with Gasteiger partial charge in [-0.25, -0.2) is 0 Å². The first-order chi connectivity index (χ1) is 14.2. The van der Waals surface area contributed by atoms with E-state index < -0.39 is 5.97 Å². The summed E-state index contributed by atoms with van der Waals surface area (Å²) in [6, 6.07) is 25.3. The van der Waals surface area contributed by atoms with E-state index in [9.17, 15) is 9.90 Å². The van der Waals surface area contributed by atoms with Crippen LogP contribution >= 0.6 is 0 Å². The maximum atomic E-state index is 10.8. The number of carboxylic acid groups (broad SMARTS) is 1. The Bertz CT molecular complexity index is 1150. The number of anilines is 1. The van der Waals surface area contributed by atoms with Gasteiger partial charge in [0.15, 0.2) is 6.54 Å². The lowest BCUT2D eigenvalue weighted by atomic mass is 10.1. The van der Waals surface area contributed by atoms with Gasteiger partial charge < -0.3 is 19.6 Å². The third-order valence-electron chi connectivity index (χ3n) is 4.60. The fraction of sp³-hybridized carbons (Fsp3) is 0.0833. The molecule has 1 aromatic heterocycles. The van der Waals surface area contributed by atoms with Gasteiger partial charge in [-0.2, -0.15) is 4.57 Å². The Labute approximate surface area is 168 Å². The van der Waals surface area contributed by atoms with Crippen LogP contribution in [0.4, 0.5) is 5.69 Å². The van der Waals surface area contributed by atoms with Crippen LogP contribution in [0.15, 0.2) is 89.5 Å². The molecule has 0 amide bonds. The van der Waals surface area contributed by atoms with Crippen molar-refractivity contribution in [1.29, 1.82) is 0 Å². The lowest BCUT2D eigenvalue weighted by molar-refractivity contribution is -0.669. The molecule has 5 nitrogen and oxygen atoms in total. The van der Waals surface area contributed by atoms with Gasteiger partial charge in [0.05, 0.1) is 6.08 Å². The molecule has 0 unspecified atom stereocenters. The predicted molar refractivity (Wildman–Crippen MR) is 110 cm³/mol. The van der Waals surface area contributed by atoms with Crippen molar-refractivity contribution >= 4 is 28.8 Å². The Balaban J connectivity index is 1.60. The highest BCUT2D eigenvalue weighted by molar-refractivity contribution is 5.70. The molecule has 0 aliphatic rings. The van der Waals surface area contributed by atoms with E-state index in [1.807, 2.05) is 91.1 Å². The number of benzene rings is 3. The van der Waals surface area contributed by atoms with E-state index in [1.54, 1.807) is 0 Å². The Morgan fingerprint density at radius 1 is 0.931 bits per heavy atom. The molecular weight excluding hydrogens is 364 g/mol. The third kappa shape index (κ3) is 4.52. The number of hydrogen-bond acceptors (Lipinski definition) is 4. The molecule has 5 heteroatoms. The van der Waals surface area contributed by atoms with Crippen LogP contribution < -0.4 is 15.0 Å². The molecule has 0 saturated heterocycles. The average molecular weight is 384 g/mol. The number of carbonyl (C=O) groups excluding carboxylic acids is 1. The van der Waals surface area contributed by atoms with Crippen LogP contribution in [0.25, 0.3) is 17.2 Å². The van der Waals surface area contributed by atoms with Crippen LogP contribution in [0.1, 0.15) is 17.0 Å². The normalized spacial score (nSPS) is 11.2. The number of aromatic nitrogens is 1. The summed E-state index contributed by atoms with van der Waals surface area (Å²) in [5, 5.41) is 14.0. The van der Waals surface area contributed by atoms with Gasteiger partial charge in [0.1, 0.15) is 0 Å². The summed E-state index contributed by atoms with van der Waals surface area (Å²) < 4.78 is 8.13. The van der Waals surface area contributed by atoms with Crippen molar-refractivity contribution in [3.63, 3.8) is 0 Å². The fourth-order valence-corrected chi connectivity index (χ4v) is 3.20. The van der Waals surface area contributed by atoms with Gasteiger partial charge in [0, 0.05) is 35.9 Å². The summed E-state index contributed by atoms with van der Waals surface area (Å²) in [5.41, 5.74) is 4.57. The summed E-state index contributed by atoms with van der Waals surface area (Å²) in [6.07, 6.45) is 3.67. The van der Waals surface area contributed by atoms with E-state index in [-0.39, 0.29) is 6.42 Å². The highest BCUT2D eigenvalue weighted by Gasteiger charge is 2.20. The van der Waals surface area contributed by atoms with E-state index in [1.165, 1.54) is 0 Å². The first kappa shape index (κ1) is 18.5. The van der Waals surface area contributed by atoms with E-state index in [2.05, 4.69) is 9.88 Å². The van der Waals surface area contributed by atoms with Crippen molar-refractivity contribution in [2.75, 3.05) is 5.32 Å². The Morgan fingerprint density at radius 2 is 1.62 bits per heavy atom. The zero-order valence-corrected chi connectivity index (χ0v) is 15.7. The molecule has 0 fully saturated rings. The standard InChI is InChI=1S/C24H20N2O3/c27-24(28)16-18-10-12-19(13-11-18)17-26-21-8-4-5-9-22(21)29-23(26)14-15-25-20-6-2-1-3-7-20/h1-15H,16-17H2,(H,27,28). The molecule has 29 heavy (non-hydrogen) atoms. The lowest BCUT2D eigenvalue weighted by Gasteiger charge is -2.03. The van der Waals surface area contributed by atoms with Crippen molar-refractivity contribution in [1.82, 2.24) is 0 Å². The molecule has 0 aliphatic carbocycles. The van der Waals surface area contributed by atoms with Crippen LogP contribution in [-0.4, -0.2) is 5.97 Å². The molecular formula is C24H20N2O3. The summed E-state index contributed by atoms with van der Waals surface area (Å²) >= 11 is 0. The second kappa shape index (κ2) is 8.44. The Morgan fingerprint density at radius 3 is 2.38 bits per heavy atom. The zero-order chi connectivity index (χ0) is 20.1. The largest absolute Gasteiger partial charge is 0.550 e. The minimum atomic E-state index is -1.08. The summed E-state index contributed by atoms with van der Waals surface area (Å²) in [5.74, 6) is -0.361. The number of oxazole rings is 1. The minimum absolute atomic E-state index is 0.0821. The molecule has 1 heterocycles. The van der Waals surface area contributed by atoms with E-state index in [4.69, 9.17) is 4.42 Å². The third-order valence-corrected chi connectivity index (χ3v) is 4.60. The van der Waals surface area contributed by atoms with Crippen molar-refractivity contribution in [2.45, 2.75) is 13.0 Å². The maximum Gasteiger partial charge on any atom is 0.375 e. The number of para-hydroxylation sites is 3. The highest BCUT2D eigenvalue weighted by Crippen LogP contribution is 2.16. The fourth-order valence-electron chi connectivity index (χ4n) is 3.20. The van der Waals surface area contributed by atoms with Gasteiger partial charge in [0.25, 0.3) is 5.52 Å². The molecule has 3 aromatic carbocycles. The minimum Gasteiger partial charge on any atom is -0.550 e. The van der Waals surface area contributed by atoms with Gasteiger partial charge in [-0.15, -0.1) is 0 Å². The smallest absolute Gasteiger partial charge is 0.375 e. The monoisotopic (exact) mass is 384 g/mol. The topological polar surface area (TPSA) is 69.2 Å². The van der Waals surface area contributed by atoms with Crippen LogP contribution in [-0.2, 0) is 17.8 Å². The first-order valence-corrected chi connectivity index (χ1v) is 9.36. The number of hydrogen-bond donors (Lipinski definition) is 1. The average Bonchev–Trinajstić information content (AvgIpc) is 3.07. The van der Waals surface area contributed by atoms with Gasteiger partial charge in [-0.1, -0.05) is 54.6 Å². The number of nitrogens with zero attached hydrogens (tertiary/aromatic N) is 1. The van der Waals surface area contributed by atoms with E-state index in [0.29, 0.717) is 12.4 Å². The van der Waals surface area contributed by atoms with Crippen molar-refractivity contribution in [3.8, 4) is 0 Å². The molecule has 0 radical (unpaired) electrons. The summed E-state index contributed by atoms with van der Waals surface area (Å²) in [7, 11) is 0. The van der Waals surface area contributed by atoms with E-state index >= 15 is 0 Å². The number of nitrogens with one attached hydrogen (secondary N) is 1. The number of carboxylic acids is 1. The lowest BCUT2D eigenvalue weighted by Crippen LogP contribution is -2.35. The van der Waals surface area contributed by atoms with Crippen LogP contribution in [0.5, 0.6) is 0 Å². The Hall–Kier alpha value is -3.86. The van der Waals surface area contributed by atoms with Gasteiger partial charge in [-0.05, 0) is 23.8 Å². The molecule has 1 N–H and O–H groups in total. The van der Waals surface area contributed by atoms with Crippen molar-refractivity contribution < 1.29 is 18.9 Å². The quantitative estimate of drug-likeness (QED) is 0.497. The van der Waals surface area contributed by atoms with Crippen molar-refractivity contribution in [2.24, 2.45) is 0 Å². The maximum absolute atomic E-state index is 10.8. The van der Waals surface area contributed by atoms with Crippen molar-refractivity contribution in [3.05, 3.63) is 102 Å². The second-order valence-corrected chi connectivity index (χ2v) is 6.70. The van der Waals surface area contributed by atoms with Crippen LogP contribution in [0.2, 0.25) is 0 Å². The van der Waals surface area contributed by atoms with Gasteiger partial charge in [0.2, 0.25) is 5.58 Å². The first-order valence-electron chi connectivity index (χ1n) is 9.36. The molecule has 0 spiro atoms. The molecule has 4 aromatic rings. The molecule has 0 saturated carbocycles. The molecule has 144 valence electrons. The molecule has 0 atom stereocenters. The number of fused-ring (bicyclic) bond motifs is 1. The SMILES string of the molecule is O=C([O-])Cc1ccc(C[n+]2c(C=CNc3ccccc3)oc3ccccc32)cc1. The molecule has 0 bridgehead atoms. The number of aliphatic carboxylic acids is 1. The number of rotatable bonds is 7. The molecule has 0 aliphatic heterocycles.